The first kappa shape index (κ1) is 21.2. The summed E-state index contributed by atoms with van der Waals surface area (Å²) in [6.45, 7) is 0.696. The van der Waals surface area contributed by atoms with E-state index in [0.717, 1.165) is 10.6 Å². The Morgan fingerprint density at radius 3 is 2.68 bits per heavy atom. The number of benzene rings is 2. The standard InChI is InChI=1S/C22H22N2O6S/c1-28-18-10-5-9-16-19(18)29-14-23(20(16)25)11-6-12-30-24-17(21(26)31-22(24)27)13-15-7-3-2-4-8-15/h2-5,7-10,17H,6,11-14H2,1H3. The molecular formula is C22H22N2O6S. The van der Waals surface area contributed by atoms with Gasteiger partial charge in [0.25, 0.3) is 5.91 Å². The lowest BCUT2D eigenvalue weighted by Gasteiger charge is -2.29. The molecule has 2 aromatic rings. The van der Waals surface area contributed by atoms with E-state index in [4.69, 9.17) is 14.3 Å². The number of carbonyl (C=O) groups is 3. The van der Waals surface area contributed by atoms with Crippen LogP contribution in [0.1, 0.15) is 22.3 Å². The Morgan fingerprint density at radius 2 is 1.90 bits per heavy atom. The lowest BCUT2D eigenvalue weighted by Crippen LogP contribution is -2.40. The van der Waals surface area contributed by atoms with Crippen LogP contribution in [-0.2, 0) is 16.1 Å². The topological polar surface area (TPSA) is 85.4 Å². The normalized spacial score (nSPS) is 18.2. The first-order valence-corrected chi connectivity index (χ1v) is 10.7. The maximum atomic E-state index is 12.7. The van der Waals surface area contributed by atoms with E-state index in [-0.39, 0.29) is 24.4 Å². The second-order valence-electron chi connectivity index (χ2n) is 7.08. The molecule has 0 aromatic heterocycles. The number of amides is 2. The van der Waals surface area contributed by atoms with E-state index in [1.54, 1.807) is 23.1 Å². The summed E-state index contributed by atoms with van der Waals surface area (Å²) in [5.41, 5.74) is 1.40. The van der Waals surface area contributed by atoms with E-state index in [1.807, 2.05) is 30.3 Å². The number of fused-ring (bicyclic) bond motifs is 1. The number of rotatable bonds is 8. The van der Waals surface area contributed by atoms with E-state index in [0.29, 0.717) is 48.2 Å². The predicted molar refractivity (Wildman–Crippen MR) is 114 cm³/mol. The summed E-state index contributed by atoms with van der Waals surface area (Å²) >= 11 is 0.665. The highest BCUT2D eigenvalue weighted by molar-refractivity contribution is 8.26. The van der Waals surface area contributed by atoms with E-state index < -0.39 is 11.3 Å². The minimum absolute atomic E-state index is 0.111. The van der Waals surface area contributed by atoms with E-state index in [9.17, 15) is 14.4 Å². The molecular weight excluding hydrogens is 420 g/mol. The zero-order valence-electron chi connectivity index (χ0n) is 17.0. The molecule has 2 aliphatic heterocycles. The van der Waals surface area contributed by atoms with E-state index >= 15 is 0 Å². The van der Waals surface area contributed by atoms with Gasteiger partial charge in [0.15, 0.2) is 18.2 Å². The van der Waals surface area contributed by atoms with E-state index in [2.05, 4.69) is 0 Å². The maximum absolute atomic E-state index is 12.7. The number of hydrogen-bond acceptors (Lipinski definition) is 7. The van der Waals surface area contributed by atoms with Crippen molar-refractivity contribution < 1.29 is 28.7 Å². The fourth-order valence-electron chi connectivity index (χ4n) is 3.52. The molecule has 9 heteroatoms. The Hall–Kier alpha value is -3.04. The molecule has 8 nitrogen and oxygen atoms in total. The minimum atomic E-state index is -0.654. The summed E-state index contributed by atoms with van der Waals surface area (Å²) in [4.78, 5) is 44.3. The summed E-state index contributed by atoms with van der Waals surface area (Å²) in [6.07, 6.45) is 0.880. The number of hydroxylamine groups is 2. The van der Waals surface area contributed by atoms with Crippen molar-refractivity contribution in [2.24, 2.45) is 0 Å². The highest BCUT2D eigenvalue weighted by Gasteiger charge is 2.41. The van der Waals surface area contributed by atoms with Crippen molar-refractivity contribution in [3.63, 3.8) is 0 Å². The third-order valence-corrected chi connectivity index (χ3v) is 5.91. The molecule has 0 N–H and O–H groups in total. The predicted octanol–water partition coefficient (Wildman–Crippen LogP) is 3.12. The van der Waals surface area contributed by atoms with Crippen molar-refractivity contribution in [1.82, 2.24) is 9.96 Å². The molecule has 0 bridgehead atoms. The van der Waals surface area contributed by atoms with Crippen molar-refractivity contribution in [2.75, 3.05) is 27.0 Å². The van der Waals surface area contributed by atoms with E-state index in [1.165, 1.54) is 7.11 Å². The molecule has 0 saturated carbocycles. The second kappa shape index (κ2) is 9.40. The van der Waals surface area contributed by atoms with Crippen molar-refractivity contribution in [1.29, 1.82) is 0 Å². The first-order valence-electron chi connectivity index (χ1n) is 9.89. The Kier molecular flexibility index (Phi) is 6.43. The van der Waals surface area contributed by atoms with Crippen LogP contribution in [0.25, 0.3) is 0 Å². The summed E-state index contributed by atoms with van der Waals surface area (Å²) in [5, 5.41) is 0.526. The average molecular weight is 442 g/mol. The molecule has 162 valence electrons. The van der Waals surface area contributed by atoms with Crippen molar-refractivity contribution >= 4 is 28.0 Å². The number of nitrogens with zero attached hydrogens (tertiary/aromatic N) is 2. The minimum Gasteiger partial charge on any atom is -0.493 e. The Morgan fingerprint density at radius 1 is 1.10 bits per heavy atom. The van der Waals surface area contributed by atoms with Gasteiger partial charge in [-0.2, -0.15) is 5.06 Å². The van der Waals surface area contributed by atoms with Crippen LogP contribution in [0.3, 0.4) is 0 Å². The van der Waals surface area contributed by atoms with Gasteiger partial charge in [0.2, 0.25) is 5.12 Å². The smallest absolute Gasteiger partial charge is 0.313 e. The van der Waals surface area contributed by atoms with Crippen LogP contribution in [0, 0.1) is 0 Å². The Bertz CT molecular complexity index is 983. The van der Waals surface area contributed by atoms with Gasteiger partial charge in [0.05, 0.1) is 19.3 Å². The lowest BCUT2D eigenvalue weighted by atomic mass is 10.1. The molecule has 0 radical (unpaired) electrons. The highest BCUT2D eigenvalue weighted by atomic mass is 32.2. The van der Waals surface area contributed by atoms with Gasteiger partial charge in [-0.1, -0.05) is 36.4 Å². The SMILES string of the molecule is COc1cccc2c1OCN(CCCON1C(=O)SC(=O)C1Cc1ccccc1)C2=O. The van der Waals surface area contributed by atoms with Gasteiger partial charge in [-0.25, -0.2) is 0 Å². The fourth-order valence-corrected chi connectivity index (χ4v) is 4.28. The molecule has 2 aromatic carbocycles. The van der Waals surface area contributed by atoms with Gasteiger partial charge in [-0.3, -0.25) is 19.2 Å². The Balaban J connectivity index is 1.31. The van der Waals surface area contributed by atoms with Gasteiger partial charge in [-0.15, -0.1) is 0 Å². The number of methoxy groups -OCH3 is 1. The largest absolute Gasteiger partial charge is 0.493 e. The van der Waals surface area contributed by atoms with Gasteiger partial charge in [-0.05, 0) is 24.1 Å². The van der Waals surface area contributed by atoms with Crippen molar-refractivity contribution in [3.8, 4) is 11.5 Å². The lowest BCUT2D eigenvalue weighted by molar-refractivity contribution is -0.147. The van der Waals surface area contributed by atoms with Crippen LogP contribution < -0.4 is 9.47 Å². The quantitative estimate of drug-likeness (QED) is 0.581. The molecule has 2 aliphatic rings. The molecule has 1 unspecified atom stereocenters. The molecule has 4 rings (SSSR count). The highest BCUT2D eigenvalue weighted by Crippen LogP contribution is 2.34. The number of carbonyl (C=O) groups excluding carboxylic acids is 3. The molecule has 2 amide bonds. The van der Waals surface area contributed by atoms with Gasteiger partial charge >= 0.3 is 5.24 Å². The number of ether oxygens (including phenoxy) is 2. The molecule has 1 fully saturated rings. The van der Waals surface area contributed by atoms with Crippen LogP contribution >= 0.6 is 11.8 Å². The maximum Gasteiger partial charge on any atom is 0.313 e. The summed E-state index contributed by atoms with van der Waals surface area (Å²) in [7, 11) is 1.53. The summed E-state index contributed by atoms with van der Waals surface area (Å²) in [5.74, 6) is 0.822. The van der Waals surface area contributed by atoms with Crippen molar-refractivity contribution in [2.45, 2.75) is 18.9 Å². The fraction of sp³-hybridized carbons (Fsp3) is 0.318. The van der Waals surface area contributed by atoms with Crippen LogP contribution in [0.2, 0.25) is 0 Å². The second-order valence-corrected chi connectivity index (χ2v) is 8.04. The zero-order chi connectivity index (χ0) is 21.8. The van der Waals surface area contributed by atoms with Crippen LogP contribution in [0.15, 0.2) is 48.5 Å². The average Bonchev–Trinajstić information content (AvgIpc) is 3.05. The van der Waals surface area contributed by atoms with Gasteiger partial charge in [0.1, 0.15) is 6.04 Å². The molecule has 2 heterocycles. The molecule has 0 spiro atoms. The number of para-hydroxylation sites is 1. The molecule has 1 atom stereocenters. The third-order valence-electron chi connectivity index (χ3n) is 5.08. The number of thioether (sulfide) groups is 1. The van der Waals surface area contributed by atoms with Gasteiger partial charge < -0.3 is 14.4 Å². The first-order chi connectivity index (χ1) is 15.1. The third kappa shape index (κ3) is 4.52. The van der Waals surface area contributed by atoms with Crippen LogP contribution in [0.5, 0.6) is 11.5 Å². The molecule has 0 aliphatic carbocycles. The van der Waals surface area contributed by atoms with Gasteiger partial charge in [0, 0.05) is 24.7 Å². The zero-order valence-corrected chi connectivity index (χ0v) is 17.8. The molecule has 1 saturated heterocycles. The molecule has 31 heavy (non-hydrogen) atoms. The Labute approximate surface area is 184 Å². The summed E-state index contributed by atoms with van der Waals surface area (Å²) in [6, 6.07) is 14.0. The van der Waals surface area contributed by atoms with Crippen LogP contribution in [-0.4, -0.2) is 59.3 Å². The monoisotopic (exact) mass is 442 g/mol. The summed E-state index contributed by atoms with van der Waals surface area (Å²) < 4.78 is 10.9. The number of hydrogen-bond donors (Lipinski definition) is 0. The van der Waals surface area contributed by atoms with Crippen LogP contribution in [0.4, 0.5) is 4.79 Å². The van der Waals surface area contributed by atoms with Crippen molar-refractivity contribution in [3.05, 3.63) is 59.7 Å².